The van der Waals surface area contributed by atoms with Crippen LogP contribution in [0.15, 0.2) is 30.3 Å². The van der Waals surface area contributed by atoms with Gasteiger partial charge in [-0.3, -0.25) is 0 Å². The third-order valence-electron chi connectivity index (χ3n) is 2.41. The van der Waals surface area contributed by atoms with Crippen LogP contribution in [0.5, 0.6) is 0 Å². The van der Waals surface area contributed by atoms with Crippen molar-refractivity contribution in [1.29, 1.82) is 0 Å². The van der Waals surface area contributed by atoms with Crippen LogP contribution < -0.4 is 0 Å². The van der Waals surface area contributed by atoms with E-state index in [4.69, 9.17) is 5.11 Å². The number of rotatable bonds is 6. The zero-order valence-corrected chi connectivity index (χ0v) is 10.7. The first-order chi connectivity index (χ1) is 7.53. The Morgan fingerprint density at radius 2 is 1.88 bits per heavy atom. The lowest BCUT2D eigenvalue weighted by Gasteiger charge is -2.26. The summed E-state index contributed by atoms with van der Waals surface area (Å²) in [5, 5.41) is 18.3. The maximum atomic E-state index is 9.43. The van der Waals surface area contributed by atoms with Gasteiger partial charge in [-0.25, -0.2) is 0 Å². The van der Waals surface area contributed by atoms with Crippen molar-refractivity contribution < 1.29 is 10.2 Å². The molecule has 0 heterocycles. The second kappa shape index (κ2) is 6.28. The third kappa shape index (κ3) is 5.01. The second-order valence-electron chi connectivity index (χ2n) is 4.57. The molecule has 1 unspecified atom stereocenters. The Morgan fingerprint density at radius 1 is 1.25 bits per heavy atom. The highest BCUT2D eigenvalue weighted by Crippen LogP contribution is 2.32. The van der Waals surface area contributed by atoms with Gasteiger partial charge in [-0.2, -0.15) is 11.8 Å². The van der Waals surface area contributed by atoms with Crippen molar-refractivity contribution in [1.82, 2.24) is 0 Å². The maximum absolute atomic E-state index is 9.43. The predicted octanol–water partition coefficient (Wildman–Crippen LogP) is 2.44. The molecule has 3 heteroatoms. The lowest BCUT2D eigenvalue weighted by Crippen LogP contribution is -2.25. The predicted molar refractivity (Wildman–Crippen MR) is 69.5 cm³/mol. The summed E-state index contributed by atoms with van der Waals surface area (Å²) >= 11 is 1.80. The van der Waals surface area contributed by atoms with Gasteiger partial charge in [0.05, 0.1) is 12.7 Å². The first-order valence-corrected chi connectivity index (χ1v) is 6.49. The van der Waals surface area contributed by atoms with E-state index < -0.39 is 6.10 Å². The number of aliphatic hydroxyl groups excluding tert-OH is 2. The standard InChI is InChI=1S/C13H20O2S/c1-13(2,8-12(15)9-14)16-10-11-6-4-3-5-7-11/h3-7,12,14-15H,8-10H2,1-2H3. The van der Waals surface area contributed by atoms with Gasteiger partial charge in [0.25, 0.3) is 0 Å². The molecular formula is C13H20O2S. The first kappa shape index (κ1) is 13.6. The SMILES string of the molecule is CC(C)(CC(O)CO)SCc1ccccc1. The van der Waals surface area contributed by atoms with Gasteiger partial charge in [0.2, 0.25) is 0 Å². The molecule has 0 radical (unpaired) electrons. The summed E-state index contributed by atoms with van der Waals surface area (Å²) in [4.78, 5) is 0. The van der Waals surface area contributed by atoms with Crippen molar-refractivity contribution in [2.45, 2.75) is 36.9 Å². The summed E-state index contributed by atoms with van der Waals surface area (Å²) < 4.78 is -0.0159. The minimum atomic E-state index is -0.613. The molecule has 2 N–H and O–H groups in total. The fourth-order valence-corrected chi connectivity index (χ4v) is 2.60. The fourth-order valence-electron chi connectivity index (χ4n) is 1.54. The van der Waals surface area contributed by atoms with Crippen molar-refractivity contribution >= 4 is 11.8 Å². The van der Waals surface area contributed by atoms with Crippen LogP contribution in [0.3, 0.4) is 0 Å². The summed E-state index contributed by atoms with van der Waals surface area (Å²) in [5.41, 5.74) is 1.29. The van der Waals surface area contributed by atoms with E-state index in [9.17, 15) is 5.11 Å². The molecule has 1 rings (SSSR count). The Labute approximate surface area is 102 Å². The van der Waals surface area contributed by atoms with E-state index in [0.29, 0.717) is 6.42 Å². The van der Waals surface area contributed by atoms with Crippen LogP contribution >= 0.6 is 11.8 Å². The quantitative estimate of drug-likeness (QED) is 0.802. The van der Waals surface area contributed by atoms with Crippen LogP contribution in [0.2, 0.25) is 0 Å². The van der Waals surface area contributed by atoms with Crippen LogP contribution in [-0.4, -0.2) is 27.7 Å². The minimum Gasteiger partial charge on any atom is -0.394 e. The first-order valence-electron chi connectivity index (χ1n) is 5.50. The molecule has 1 aromatic rings. The largest absolute Gasteiger partial charge is 0.394 e. The van der Waals surface area contributed by atoms with Crippen LogP contribution in [0.1, 0.15) is 25.8 Å². The van der Waals surface area contributed by atoms with Crippen molar-refractivity contribution in [2.75, 3.05) is 6.61 Å². The summed E-state index contributed by atoms with van der Waals surface area (Å²) in [6.07, 6.45) is -0.000606. The van der Waals surface area contributed by atoms with Crippen molar-refractivity contribution in [3.63, 3.8) is 0 Å². The van der Waals surface area contributed by atoms with Gasteiger partial charge in [-0.05, 0) is 12.0 Å². The average molecular weight is 240 g/mol. The van der Waals surface area contributed by atoms with Gasteiger partial charge in [-0.15, -0.1) is 0 Å². The Hall–Kier alpha value is -0.510. The van der Waals surface area contributed by atoms with E-state index in [-0.39, 0.29) is 11.4 Å². The summed E-state index contributed by atoms with van der Waals surface area (Å²) in [7, 11) is 0. The fraction of sp³-hybridized carbons (Fsp3) is 0.538. The topological polar surface area (TPSA) is 40.5 Å². The minimum absolute atomic E-state index is 0.0159. The Bertz CT molecular complexity index is 298. The van der Waals surface area contributed by atoms with E-state index in [1.165, 1.54) is 5.56 Å². The van der Waals surface area contributed by atoms with E-state index in [1.54, 1.807) is 11.8 Å². The lowest BCUT2D eigenvalue weighted by atomic mass is 10.1. The highest BCUT2D eigenvalue weighted by atomic mass is 32.2. The van der Waals surface area contributed by atoms with E-state index >= 15 is 0 Å². The highest BCUT2D eigenvalue weighted by molar-refractivity contribution is 7.99. The van der Waals surface area contributed by atoms with Gasteiger partial charge < -0.3 is 10.2 Å². The van der Waals surface area contributed by atoms with Gasteiger partial charge in [-0.1, -0.05) is 44.2 Å². The third-order valence-corrected chi connectivity index (χ3v) is 3.84. The molecule has 1 atom stereocenters. The molecular weight excluding hydrogens is 220 g/mol. The summed E-state index contributed by atoms with van der Waals surface area (Å²) in [6, 6.07) is 10.3. The number of aliphatic hydroxyl groups is 2. The highest BCUT2D eigenvalue weighted by Gasteiger charge is 2.22. The molecule has 0 aliphatic carbocycles. The normalized spacial score (nSPS) is 13.8. The number of hydrogen-bond acceptors (Lipinski definition) is 3. The summed E-state index contributed by atoms with van der Waals surface area (Å²) in [6.45, 7) is 4.04. The maximum Gasteiger partial charge on any atom is 0.0784 e. The zero-order valence-electron chi connectivity index (χ0n) is 9.89. The number of thioether (sulfide) groups is 1. The molecule has 0 aliphatic heterocycles. The molecule has 0 aromatic heterocycles. The van der Waals surface area contributed by atoms with Crippen molar-refractivity contribution in [2.24, 2.45) is 0 Å². The zero-order chi connectivity index (χ0) is 12.0. The number of benzene rings is 1. The van der Waals surface area contributed by atoms with Crippen LogP contribution in [-0.2, 0) is 5.75 Å². The van der Waals surface area contributed by atoms with Gasteiger partial charge >= 0.3 is 0 Å². The van der Waals surface area contributed by atoms with Crippen molar-refractivity contribution in [3.8, 4) is 0 Å². The van der Waals surface area contributed by atoms with E-state index in [0.717, 1.165) is 5.75 Å². The van der Waals surface area contributed by atoms with E-state index in [1.807, 2.05) is 18.2 Å². The van der Waals surface area contributed by atoms with Crippen molar-refractivity contribution in [3.05, 3.63) is 35.9 Å². The van der Waals surface area contributed by atoms with Gasteiger partial charge in [0.15, 0.2) is 0 Å². The monoisotopic (exact) mass is 240 g/mol. The number of hydrogen-bond donors (Lipinski definition) is 2. The average Bonchev–Trinajstić information content (AvgIpc) is 2.27. The summed E-state index contributed by atoms with van der Waals surface area (Å²) in [5.74, 6) is 0.936. The Morgan fingerprint density at radius 3 is 2.44 bits per heavy atom. The van der Waals surface area contributed by atoms with E-state index in [2.05, 4.69) is 26.0 Å². The molecule has 0 amide bonds. The van der Waals surface area contributed by atoms with Gasteiger partial charge in [0.1, 0.15) is 0 Å². The Balaban J connectivity index is 2.41. The molecule has 0 fully saturated rings. The molecule has 0 spiro atoms. The molecule has 2 nitrogen and oxygen atoms in total. The Kier molecular flexibility index (Phi) is 5.32. The molecule has 0 saturated carbocycles. The molecule has 0 saturated heterocycles. The molecule has 1 aromatic carbocycles. The molecule has 16 heavy (non-hydrogen) atoms. The van der Waals surface area contributed by atoms with Gasteiger partial charge in [0, 0.05) is 10.5 Å². The molecule has 0 aliphatic rings. The van der Waals surface area contributed by atoms with Crippen LogP contribution in [0.25, 0.3) is 0 Å². The second-order valence-corrected chi connectivity index (χ2v) is 6.26. The smallest absolute Gasteiger partial charge is 0.0784 e. The lowest BCUT2D eigenvalue weighted by molar-refractivity contribution is 0.0821. The van der Waals surface area contributed by atoms with Crippen LogP contribution in [0.4, 0.5) is 0 Å². The molecule has 90 valence electrons. The van der Waals surface area contributed by atoms with Crippen LogP contribution in [0, 0.1) is 0 Å². The molecule has 0 bridgehead atoms.